The Bertz CT molecular complexity index is 218. The lowest BCUT2D eigenvalue weighted by atomic mass is 10.2. The van der Waals surface area contributed by atoms with Crippen LogP contribution in [0.5, 0.6) is 0 Å². The van der Waals surface area contributed by atoms with Gasteiger partial charge in [-0.1, -0.05) is 35.4 Å². The van der Waals surface area contributed by atoms with Gasteiger partial charge in [-0.05, 0) is 32.4 Å². The number of hydrogen-bond donors (Lipinski definition) is 0. The molecule has 0 aliphatic carbocycles. The molecule has 0 nitrogen and oxygen atoms in total. The Hall–Kier alpha value is -0.200. The highest BCUT2D eigenvalue weighted by molar-refractivity contribution is 6.35. The first-order valence-corrected chi connectivity index (χ1v) is 4.06. The molecule has 0 heterocycles. The summed E-state index contributed by atoms with van der Waals surface area (Å²) in [5.41, 5.74) is 1.87. The van der Waals surface area contributed by atoms with E-state index in [1.165, 1.54) is 0 Å². The first-order chi connectivity index (χ1) is 4.95. The van der Waals surface area contributed by atoms with E-state index in [-0.39, 0.29) is 0 Å². The lowest BCUT2D eigenvalue weighted by Gasteiger charge is -1.96. The zero-order chi connectivity index (χ0) is 9.02. The van der Waals surface area contributed by atoms with Crippen molar-refractivity contribution in [2.24, 2.45) is 0 Å². The van der Waals surface area contributed by atoms with Gasteiger partial charge in [0.2, 0.25) is 0 Å². The van der Waals surface area contributed by atoms with Gasteiger partial charge in [0.1, 0.15) is 0 Å². The highest BCUT2D eigenvalue weighted by Gasteiger charge is 1.95. The Balaban J connectivity index is 4.58. The Labute approximate surface area is 78.2 Å². The van der Waals surface area contributed by atoms with E-state index in [0.29, 0.717) is 10.1 Å². The van der Waals surface area contributed by atoms with Gasteiger partial charge in [-0.2, -0.15) is 0 Å². The molecule has 0 bridgehead atoms. The van der Waals surface area contributed by atoms with Crippen molar-refractivity contribution in [1.82, 2.24) is 0 Å². The average Bonchev–Trinajstić information content (AvgIpc) is 1.87. The van der Waals surface area contributed by atoms with E-state index in [1.54, 1.807) is 6.08 Å². The molecule has 0 spiro atoms. The predicted molar refractivity (Wildman–Crippen MR) is 53.0 cm³/mol. The maximum absolute atomic E-state index is 5.83. The van der Waals surface area contributed by atoms with Crippen LogP contribution < -0.4 is 0 Å². The summed E-state index contributed by atoms with van der Waals surface area (Å²) in [5, 5.41) is 1.29. The fraction of sp³-hybridized carbons (Fsp3) is 0.333. The summed E-state index contributed by atoms with van der Waals surface area (Å²) < 4.78 is 0. The van der Waals surface area contributed by atoms with Gasteiger partial charge in [0.25, 0.3) is 0 Å². The average molecular weight is 191 g/mol. The molecule has 0 aromatic heterocycles. The van der Waals surface area contributed by atoms with Gasteiger partial charge in [0.05, 0.1) is 0 Å². The van der Waals surface area contributed by atoms with Crippen molar-refractivity contribution in [3.05, 3.63) is 33.9 Å². The van der Waals surface area contributed by atoms with Crippen LogP contribution >= 0.6 is 23.2 Å². The van der Waals surface area contributed by atoms with Crippen LogP contribution in [-0.4, -0.2) is 0 Å². The maximum atomic E-state index is 5.83. The highest BCUT2D eigenvalue weighted by atomic mass is 35.5. The van der Waals surface area contributed by atoms with E-state index >= 15 is 0 Å². The van der Waals surface area contributed by atoms with Crippen molar-refractivity contribution >= 4 is 23.2 Å². The maximum Gasteiger partial charge on any atom is 0.0444 e. The summed E-state index contributed by atoms with van der Waals surface area (Å²) >= 11 is 11.6. The lowest BCUT2D eigenvalue weighted by molar-refractivity contribution is 1.37. The second-order valence-electron chi connectivity index (χ2n) is 2.62. The first kappa shape index (κ1) is 10.8. The summed E-state index contributed by atoms with van der Waals surface area (Å²) in [6, 6.07) is 0. The number of halogens is 2. The summed E-state index contributed by atoms with van der Waals surface area (Å²) in [4.78, 5) is 0. The zero-order valence-electron chi connectivity index (χ0n) is 7.04. The van der Waals surface area contributed by atoms with Crippen LogP contribution in [-0.2, 0) is 0 Å². The molecule has 0 atom stereocenters. The van der Waals surface area contributed by atoms with Gasteiger partial charge in [-0.15, -0.1) is 0 Å². The minimum absolute atomic E-state index is 0.608. The molecule has 0 aliphatic heterocycles. The van der Waals surface area contributed by atoms with E-state index in [4.69, 9.17) is 23.2 Å². The van der Waals surface area contributed by atoms with Crippen molar-refractivity contribution in [3.63, 3.8) is 0 Å². The Morgan fingerprint density at radius 3 is 1.91 bits per heavy atom. The normalized spacial score (nSPS) is 11.2. The molecule has 0 amide bonds. The smallest absolute Gasteiger partial charge is 0.0444 e. The standard InChI is InChI=1S/C9H12Cl2/c1-6(2)8(10)5-9(11)7(3)4/h5H,1H2,2-4H3/b8-5+. The van der Waals surface area contributed by atoms with Gasteiger partial charge in [0, 0.05) is 10.1 Å². The van der Waals surface area contributed by atoms with Crippen molar-refractivity contribution in [3.8, 4) is 0 Å². The van der Waals surface area contributed by atoms with Gasteiger partial charge in [-0.3, -0.25) is 0 Å². The SMILES string of the molecule is C=C(C)/C(Cl)=C\C(Cl)=C(C)C. The third-order valence-electron chi connectivity index (χ3n) is 1.14. The van der Waals surface area contributed by atoms with Crippen LogP contribution in [0, 0.1) is 0 Å². The molecule has 0 radical (unpaired) electrons. The molecule has 0 aromatic carbocycles. The Morgan fingerprint density at radius 2 is 1.64 bits per heavy atom. The summed E-state index contributed by atoms with van der Waals surface area (Å²) in [5.74, 6) is 0. The molecule has 0 unspecified atom stereocenters. The molecular weight excluding hydrogens is 179 g/mol. The van der Waals surface area contributed by atoms with Gasteiger partial charge >= 0.3 is 0 Å². The van der Waals surface area contributed by atoms with Crippen LogP contribution in [0.15, 0.2) is 33.9 Å². The molecule has 0 aromatic rings. The molecule has 0 fully saturated rings. The van der Waals surface area contributed by atoms with Crippen LogP contribution in [0.3, 0.4) is 0 Å². The highest BCUT2D eigenvalue weighted by Crippen LogP contribution is 2.18. The molecule has 2 heteroatoms. The fourth-order valence-corrected chi connectivity index (χ4v) is 0.653. The second kappa shape index (κ2) is 4.63. The predicted octanol–water partition coefficient (Wildman–Crippen LogP) is 4.22. The number of hydrogen-bond acceptors (Lipinski definition) is 0. The largest absolute Gasteiger partial charge is 0.0946 e. The van der Waals surface area contributed by atoms with Gasteiger partial charge < -0.3 is 0 Å². The number of rotatable bonds is 2. The van der Waals surface area contributed by atoms with Crippen molar-refractivity contribution in [2.75, 3.05) is 0 Å². The third-order valence-corrected chi connectivity index (χ3v) is 2.06. The minimum atomic E-state index is 0.608. The number of allylic oxidation sites excluding steroid dienone is 5. The summed E-state index contributed by atoms with van der Waals surface area (Å²) in [6.45, 7) is 9.39. The zero-order valence-corrected chi connectivity index (χ0v) is 8.55. The van der Waals surface area contributed by atoms with E-state index < -0.39 is 0 Å². The minimum Gasteiger partial charge on any atom is -0.0946 e. The second-order valence-corrected chi connectivity index (χ2v) is 3.43. The fourth-order valence-electron chi connectivity index (χ4n) is 0.379. The van der Waals surface area contributed by atoms with Crippen LogP contribution in [0.25, 0.3) is 0 Å². The van der Waals surface area contributed by atoms with Crippen LogP contribution in [0.4, 0.5) is 0 Å². The Morgan fingerprint density at radius 1 is 1.18 bits per heavy atom. The quantitative estimate of drug-likeness (QED) is 0.573. The Kier molecular flexibility index (Phi) is 4.55. The van der Waals surface area contributed by atoms with Crippen molar-refractivity contribution < 1.29 is 0 Å². The lowest BCUT2D eigenvalue weighted by Crippen LogP contribution is -1.75. The van der Waals surface area contributed by atoms with Gasteiger partial charge in [0.15, 0.2) is 0 Å². The van der Waals surface area contributed by atoms with E-state index in [2.05, 4.69) is 6.58 Å². The molecule has 11 heavy (non-hydrogen) atoms. The molecule has 0 saturated heterocycles. The van der Waals surface area contributed by atoms with Crippen molar-refractivity contribution in [2.45, 2.75) is 20.8 Å². The van der Waals surface area contributed by atoms with Gasteiger partial charge in [-0.25, -0.2) is 0 Å². The van der Waals surface area contributed by atoms with Crippen LogP contribution in [0.2, 0.25) is 0 Å². The topological polar surface area (TPSA) is 0 Å². The van der Waals surface area contributed by atoms with E-state index in [1.807, 2.05) is 20.8 Å². The molecular formula is C9H12Cl2. The first-order valence-electron chi connectivity index (χ1n) is 3.31. The summed E-state index contributed by atoms with van der Waals surface area (Å²) in [6.07, 6.45) is 1.71. The van der Waals surface area contributed by atoms with Crippen LogP contribution in [0.1, 0.15) is 20.8 Å². The third kappa shape index (κ3) is 4.28. The molecule has 0 saturated carbocycles. The molecule has 0 N–H and O–H groups in total. The summed E-state index contributed by atoms with van der Waals surface area (Å²) in [7, 11) is 0. The van der Waals surface area contributed by atoms with Crippen molar-refractivity contribution in [1.29, 1.82) is 0 Å². The monoisotopic (exact) mass is 190 g/mol. The molecule has 0 aliphatic rings. The molecule has 0 rings (SSSR count). The molecule has 62 valence electrons. The van der Waals surface area contributed by atoms with E-state index in [9.17, 15) is 0 Å². The van der Waals surface area contributed by atoms with E-state index in [0.717, 1.165) is 11.1 Å².